The van der Waals surface area contributed by atoms with E-state index in [9.17, 15) is 0 Å². The average molecular weight is 297 g/mol. The molecule has 2 unspecified atom stereocenters. The zero-order valence-corrected chi connectivity index (χ0v) is 13.3. The van der Waals surface area contributed by atoms with Crippen LogP contribution in [-0.2, 0) is 0 Å². The third-order valence-electron chi connectivity index (χ3n) is 3.14. The second-order valence-electron chi connectivity index (χ2n) is 5.45. The molecule has 2 nitrogen and oxygen atoms in total. The lowest BCUT2D eigenvalue weighted by atomic mass is 10.1. The first-order valence-electron chi connectivity index (χ1n) is 6.77. The summed E-state index contributed by atoms with van der Waals surface area (Å²) in [6, 6.07) is 8.70. The maximum Gasteiger partial charge on any atom is 0.157 e. The van der Waals surface area contributed by atoms with Crippen LogP contribution in [0.5, 0.6) is 0 Å². The van der Waals surface area contributed by atoms with E-state index < -0.39 is 0 Å². The number of halogens is 1. The van der Waals surface area contributed by atoms with E-state index in [1.165, 1.54) is 12.0 Å². The van der Waals surface area contributed by atoms with Crippen molar-refractivity contribution >= 4 is 28.5 Å². The molecule has 1 aliphatic rings. The Morgan fingerprint density at radius 3 is 2.89 bits per heavy atom. The van der Waals surface area contributed by atoms with Crippen LogP contribution in [0.2, 0.25) is 5.02 Å². The second kappa shape index (κ2) is 6.67. The number of nitrogens with one attached hydrogen (secondary N) is 1. The molecule has 1 aromatic rings. The molecular formula is C15H21ClN2S. The van der Waals surface area contributed by atoms with Gasteiger partial charge in [0, 0.05) is 10.8 Å². The van der Waals surface area contributed by atoms with E-state index in [0.717, 1.165) is 15.9 Å². The largest absolute Gasteiger partial charge is 0.358 e. The summed E-state index contributed by atoms with van der Waals surface area (Å²) in [4.78, 5) is 4.75. The summed E-state index contributed by atoms with van der Waals surface area (Å²) in [7, 11) is 0. The van der Waals surface area contributed by atoms with Crippen molar-refractivity contribution in [3.8, 4) is 0 Å². The number of nitrogens with zero attached hydrogens (tertiary/aromatic N) is 1. The summed E-state index contributed by atoms with van der Waals surface area (Å²) < 4.78 is 0. The molecule has 1 N–H and O–H groups in total. The number of aliphatic imine (C=N–C) groups is 1. The summed E-state index contributed by atoms with van der Waals surface area (Å²) in [5.74, 6) is 1.81. The number of hydrogen-bond acceptors (Lipinski definition) is 3. The Labute approximate surface area is 125 Å². The summed E-state index contributed by atoms with van der Waals surface area (Å²) >= 11 is 7.85. The molecule has 1 aliphatic heterocycles. The highest BCUT2D eigenvalue weighted by molar-refractivity contribution is 8.14. The van der Waals surface area contributed by atoms with Gasteiger partial charge < -0.3 is 5.32 Å². The molecule has 0 aromatic heterocycles. The minimum Gasteiger partial charge on any atom is -0.358 e. The van der Waals surface area contributed by atoms with Gasteiger partial charge in [-0.2, -0.15) is 0 Å². The van der Waals surface area contributed by atoms with Gasteiger partial charge in [-0.15, -0.1) is 0 Å². The summed E-state index contributed by atoms with van der Waals surface area (Å²) in [6.07, 6.45) is 1.17. The Morgan fingerprint density at radius 2 is 2.21 bits per heavy atom. The first-order chi connectivity index (χ1) is 9.04. The van der Waals surface area contributed by atoms with Crippen LogP contribution in [0.4, 0.5) is 0 Å². The van der Waals surface area contributed by atoms with E-state index in [2.05, 4.69) is 32.2 Å². The predicted octanol–water partition coefficient (Wildman–Crippen LogP) is 4.51. The van der Waals surface area contributed by atoms with Gasteiger partial charge in [-0.1, -0.05) is 49.3 Å². The van der Waals surface area contributed by atoms with E-state index >= 15 is 0 Å². The number of thioether (sulfide) groups is 1. The Bertz CT molecular complexity index is 459. The number of rotatable bonds is 4. The molecule has 1 aromatic carbocycles. The smallest absolute Gasteiger partial charge is 0.157 e. The molecule has 0 fully saturated rings. The van der Waals surface area contributed by atoms with E-state index in [1.807, 2.05) is 30.0 Å². The fourth-order valence-corrected chi connectivity index (χ4v) is 3.45. The monoisotopic (exact) mass is 296 g/mol. The molecule has 19 heavy (non-hydrogen) atoms. The Hall–Kier alpha value is -0.670. The first-order valence-corrected chi connectivity index (χ1v) is 8.13. The van der Waals surface area contributed by atoms with Crippen LogP contribution in [0.25, 0.3) is 0 Å². The average Bonchev–Trinajstić information content (AvgIpc) is 2.75. The minimum absolute atomic E-state index is 0.239. The van der Waals surface area contributed by atoms with Crippen molar-refractivity contribution in [2.45, 2.75) is 39.3 Å². The van der Waals surface area contributed by atoms with Crippen molar-refractivity contribution in [2.24, 2.45) is 10.9 Å². The normalized spacial score (nSPS) is 20.5. The van der Waals surface area contributed by atoms with Crippen molar-refractivity contribution < 1.29 is 0 Å². The topological polar surface area (TPSA) is 24.4 Å². The highest BCUT2D eigenvalue weighted by Crippen LogP contribution is 2.24. The lowest BCUT2D eigenvalue weighted by Gasteiger charge is -2.15. The van der Waals surface area contributed by atoms with E-state index in [-0.39, 0.29) is 6.04 Å². The molecule has 0 amide bonds. The van der Waals surface area contributed by atoms with Crippen LogP contribution in [0.15, 0.2) is 29.3 Å². The molecule has 1 heterocycles. The minimum atomic E-state index is 0.239. The van der Waals surface area contributed by atoms with E-state index in [4.69, 9.17) is 16.6 Å². The maximum absolute atomic E-state index is 6.02. The van der Waals surface area contributed by atoms with Crippen LogP contribution in [0, 0.1) is 5.92 Å². The third-order valence-corrected chi connectivity index (χ3v) is 4.43. The molecule has 104 valence electrons. The van der Waals surface area contributed by atoms with Gasteiger partial charge in [0.1, 0.15) is 0 Å². The molecule has 0 radical (unpaired) electrons. The standard InChI is InChI=1S/C15H21ClN2S/c1-10(2)7-14-9-19-15(18-14)17-11(3)12-5-4-6-13(16)8-12/h4-6,8,10-11,14H,7,9H2,1-3H3,(H,17,18). The molecule has 0 saturated carbocycles. The third kappa shape index (κ3) is 4.43. The van der Waals surface area contributed by atoms with Gasteiger partial charge in [0.15, 0.2) is 5.17 Å². The van der Waals surface area contributed by atoms with E-state index in [1.54, 1.807) is 0 Å². The quantitative estimate of drug-likeness (QED) is 0.884. The fraction of sp³-hybridized carbons (Fsp3) is 0.533. The van der Waals surface area contributed by atoms with Crippen molar-refractivity contribution in [2.75, 3.05) is 5.75 Å². The molecule has 0 bridgehead atoms. The van der Waals surface area contributed by atoms with Gasteiger partial charge in [0.05, 0.1) is 12.1 Å². The molecule has 2 rings (SSSR count). The number of amidine groups is 1. The highest BCUT2D eigenvalue weighted by atomic mass is 35.5. The summed E-state index contributed by atoms with van der Waals surface area (Å²) in [5, 5.41) is 5.33. The molecule has 0 saturated heterocycles. The van der Waals surface area contributed by atoms with Gasteiger partial charge in [-0.25, -0.2) is 0 Å². The van der Waals surface area contributed by atoms with Gasteiger partial charge in [-0.05, 0) is 37.0 Å². The number of hydrogen-bond donors (Lipinski definition) is 1. The Balaban J connectivity index is 1.94. The second-order valence-corrected chi connectivity index (χ2v) is 6.89. The van der Waals surface area contributed by atoms with Crippen molar-refractivity contribution in [3.63, 3.8) is 0 Å². The zero-order chi connectivity index (χ0) is 13.8. The lowest BCUT2D eigenvalue weighted by Crippen LogP contribution is -2.23. The van der Waals surface area contributed by atoms with Crippen molar-refractivity contribution in [1.82, 2.24) is 5.32 Å². The molecule has 0 spiro atoms. The number of benzene rings is 1. The van der Waals surface area contributed by atoms with Gasteiger partial charge >= 0.3 is 0 Å². The maximum atomic E-state index is 6.02. The van der Waals surface area contributed by atoms with Crippen molar-refractivity contribution in [3.05, 3.63) is 34.9 Å². The molecular weight excluding hydrogens is 276 g/mol. The predicted molar refractivity (Wildman–Crippen MR) is 86.1 cm³/mol. The first kappa shape index (κ1) is 14.7. The van der Waals surface area contributed by atoms with Crippen LogP contribution in [-0.4, -0.2) is 17.0 Å². The summed E-state index contributed by atoms with van der Waals surface area (Å²) in [5.41, 5.74) is 1.20. The van der Waals surface area contributed by atoms with Crippen LogP contribution in [0.1, 0.15) is 38.8 Å². The SMILES string of the molecule is CC(C)CC1CSC(NC(C)c2cccc(Cl)c2)=N1. The Kier molecular flexibility index (Phi) is 5.17. The molecule has 4 heteroatoms. The summed E-state index contributed by atoms with van der Waals surface area (Å²) in [6.45, 7) is 6.64. The van der Waals surface area contributed by atoms with Crippen LogP contribution >= 0.6 is 23.4 Å². The zero-order valence-electron chi connectivity index (χ0n) is 11.7. The van der Waals surface area contributed by atoms with Crippen LogP contribution < -0.4 is 5.32 Å². The molecule has 0 aliphatic carbocycles. The highest BCUT2D eigenvalue weighted by Gasteiger charge is 2.20. The van der Waals surface area contributed by atoms with Gasteiger partial charge in [0.25, 0.3) is 0 Å². The molecule has 2 atom stereocenters. The van der Waals surface area contributed by atoms with Gasteiger partial charge in [-0.3, -0.25) is 4.99 Å². The fourth-order valence-electron chi connectivity index (χ4n) is 2.20. The Morgan fingerprint density at radius 1 is 1.42 bits per heavy atom. The van der Waals surface area contributed by atoms with Gasteiger partial charge in [0.2, 0.25) is 0 Å². The lowest BCUT2D eigenvalue weighted by molar-refractivity contribution is 0.528. The van der Waals surface area contributed by atoms with E-state index in [0.29, 0.717) is 12.0 Å². The van der Waals surface area contributed by atoms with Crippen LogP contribution in [0.3, 0.4) is 0 Å². The van der Waals surface area contributed by atoms with Crippen molar-refractivity contribution in [1.29, 1.82) is 0 Å².